The fraction of sp³-hybridized carbons (Fsp3) is 0.529. The molecule has 0 spiro atoms. The van der Waals surface area contributed by atoms with E-state index in [0.717, 1.165) is 12.8 Å². The lowest BCUT2D eigenvalue weighted by Gasteiger charge is -2.10. The van der Waals surface area contributed by atoms with Gasteiger partial charge in [0, 0.05) is 12.2 Å². The summed E-state index contributed by atoms with van der Waals surface area (Å²) in [4.78, 5) is 39.6. The van der Waals surface area contributed by atoms with Gasteiger partial charge in [-0.3, -0.25) is 9.36 Å². The van der Waals surface area contributed by atoms with E-state index in [1.54, 1.807) is 25.3 Å². The van der Waals surface area contributed by atoms with E-state index in [-0.39, 0.29) is 11.5 Å². The first-order chi connectivity index (χ1) is 12.3. The summed E-state index contributed by atoms with van der Waals surface area (Å²) in [7, 11) is 1.31. The van der Waals surface area contributed by atoms with Gasteiger partial charge in [-0.15, -0.1) is 5.10 Å². The van der Waals surface area contributed by atoms with E-state index >= 15 is 0 Å². The quantitative estimate of drug-likeness (QED) is 0.414. The maximum absolute atomic E-state index is 12.8. The van der Waals surface area contributed by atoms with Gasteiger partial charge in [-0.1, -0.05) is 25.1 Å². The van der Waals surface area contributed by atoms with Gasteiger partial charge in [0.05, 0.1) is 23.6 Å². The Balaban J connectivity index is 2.24. The normalized spacial score (nSPS) is 12.2. The summed E-state index contributed by atoms with van der Waals surface area (Å²) in [6.07, 6.45) is 1.81. The van der Waals surface area contributed by atoms with Crippen LogP contribution < -0.4 is 5.69 Å². The predicted octanol–water partition coefficient (Wildman–Crippen LogP) is 2.47. The number of thioether (sulfide) groups is 1. The second-order valence-electron chi connectivity index (χ2n) is 6.06. The van der Waals surface area contributed by atoms with Crippen LogP contribution in [-0.2, 0) is 11.3 Å². The SMILES string of the molecule is CCCCn1c(S[C@H](C)C(=O)c2[nH]c(C)c(C(=O)OC)c2C)n[nH]c1=O. The lowest BCUT2D eigenvalue weighted by atomic mass is 10.1. The van der Waals surface area contributed by atoms with Crippen LogP contribution in [0.5, 0.6) is 0 Å². The summed E-state index contributed by atoms with van der Waals surface area (Å²) >= 11 is 1.22. The largest absolute Gasteiger partial charge is 0.465 e. The zero-order chi connectivity index (χ0) is 19.4. The number of methoxy groups -OCH3 is 1. The molecule has 0 amide bonds. The average Bonchev–Trinajstić information content (AvgIpc) is 3.11. The highest BCUT2D eigenvalue weighted by molar-refractivity contribution is 8.00. The molecule has 0 unspecified atom stereocenters. The number of ether oxygens (including phenoxy) is 1. The van der Waals surface area contributed by atoms with Crippen LogP contribution in [-0.4, -0.2) is 43.9 Å². The Morgan fingerprint density at radius 1 is 1.35 bits per heavy atom. The topological polar surface area (TPSA) is 110 Å². The molecule has 2 N–H and O–H groups in total. The lowest BCUT2D eigenvalue weighted by molar-refractivity contribution is 0.0599. The van der Waals surface area contributed by atoms with Crippen LogP contribution in [0.3, 0.4) is 0 Å². The number of carbonyl (C=O) groups is 2. The molecule has 1 atom stereocenters. The molecule has 0 aliphatic carbocycles. The molecule has 2 rings (SSSR count). The Morgan fingerprint density at radius 3 is 2.65 bits per heavy atom. The van der Waals surface area contributed by atoms with Crippen LogP contribution in [0.1, 0.15) is 58.8 Å². The molecule has 0 radical (unpaired) electrons. The van der Waals surface area contributed by atoms with Gasteiger partial charge < -0.3 is 9.72 Å². The maximum Gasteiger partial charge on any atom is 0.343 e. The van der Waals surface area contributed by atoms with Crippen molar-refractivity contribution in [3.8, 4) is 0 Å². The molecule has 2 aromatic heterocycles. The van der Waals surface area contributed by atoms with Crippen LogP contribution in [0.4, 0.5) is 0 Å². The Bertz CT molecular complexity index is 865. The number of aryl methyl sites for hydroxylation is 1. The predicted molar refractivity (Wildman–Crippen MR) is 99.0 cm³/mol. The number of unbranched alkanes of at least 4 members (excludes halogenated alkanes) is 1. The number of Topliss-reactive ketones (excluding diaryl/α,β-unsaturated/α-hetero) is 1. The van der Waals surface area contributed by atoms with Crippen molar-refractivity contribution in [2.45, 2.75) is 57.5 Å². The first-order valence-electron chi connectivity index (χ1n) is 8.45. The van der Waals surface area contributed by atoms with Crippen LogP contribution in [0.2, 0.25) is 0 Å². The van der Waals surface area contributed by atoms with Crippen molar-refractivity contribution in [2.24, 2.45) is 0 Å². The van der Waals surface area contributed by atoms with Gasteiger partial charge in [0.1, 0.15) is 0 Å². The fourth-order valence-electron chi connectivity index (χ4n) is 2.73. The highest BCUT2D eigenvalue weighted by Gasteiger charge is 2.27. The Labute approximate surface area is 155 Å². The summed E-state index contributed by atoms with van der Waals surface area (Å²) < 4.78 is 6.32. The number of aromatic nitrogens is 4. The third-order valence-corrected chi connectivity index (χ3v) is 5.27. The molecule has 0 aliphatic rings. The van der Waals surface area contributed by atoms with Gasteiger partial charge in [-0.05, 0) is 32.8 Å². The lowest BCUT2D eigenvalue weighted by Crippen LogP contribution is -2.20. The van der Waals surface area contributed by atoms with Gasteiger partial charge in [0.25, 0.3) is 0 Å². The summed E-state index contributed by atoms with van der Waals surface area (Å²) in [5.74, 6) is -0.639. The molecule has 0 saturated carbocycles. The average molecular weight is 380 g/mol. The van der Waals surface area contributed by atoms with Gasteiger partial charge in [0.2, 0.25) is 0 Å². The van der Waals surface area contributed by atoms with Crippen LogP contribution in [0, 0.1) is 13.8 Å². The summed E-state index contributed by atoms with van der Waals surface area (Å²) in [5.41, 5.74) is 1.64. The van der Waals surface area contributed by atoms with Crippen molar-refractivity contribution < 1.29 is 14.3 Å². The number of esters is 1. The number of aromatic amines is 2. The maximum atomic E-state index is 12.8. The molecule has 0 aromatic carbocycles. The van der Waals surface area contributed by atoms with Crippen molar-refractivity contribution in [1.82, 2.24) is 19.7 Å². The molecule has 8 nitrogen and oxygen atoms in total. The minimum absolute atomic E-state index is 0.164. The molecular formula is C17H24N4O4S. The summed E-state index contributed by atoms with van der Waals surface area (Å²) in [6, 6.07) is 0. The Morgan fingerprint density at radius 2 is 2.04 bits per heavy atom. The Hall–Kier alpha value is -2.29. The van der Waals surface area contributed by atoms with E-state index in [4.69, 9.17) is 4.74 Å². The zero-order valence-electron chi connectivity index (χ0n) is 15.6. The molecule has 2 heterocycles. The number of rotatable bonds is 8. The van der Waals surface area contributed by atoms with E-state index < -0.39 is 11.2 Å². The summed E-state index contributed by atoms with van der Waals surface area (Å²) in [6.45, 7) is 7.79. The molecule has 2 aromatic rings. The number of nitrogens with zero attached hydrogens (tertiary/aromatic N) is 2. The molecule has 0 aliphatic heterocycles. The number of ketones is 1. The van der Waals surface area contributed by atoms with E-state index in [2.05, 4.69) is 15.2 Å². The van der Waals surface area contributed by atoms with E-state index in [1.807, 2.05) is 6.92 Å². The molecule has 9 heteroatoms. The fourth-order valence-corrected chi connectivity index (χ4v) is 3.67. The van der Waals surface area contributed by atoms with Gasteiger partial charge in [-0.25, -0.2) is 14.7 Å². The number of hydrogen-bond donors (Lipinski definition) is 2. The molecule has 0 saturated heterocycles. The highest BCUT2D eigenvalue weighted by atomic mass is 32.2. The van der Waals surface area contributed by atoms with E-state index in [9.17, 15) is 14.4 Å². The van der Waals surface area contributed by atoms with Crippen molar-refractivity contribution >= 4 is 23.5 Å². The molecule has 26 heavy (non-hydrogen) atoms. The van der Waals surface area contributed by atoms with Crippen LogP contribution >= 0.6 is 11.8 Å². The van der Waals surface area contributed by atoms with Gasteiger partial charge in [-0.2, -0.15) is 0 Å². The van der Waals surface area contributed by atoms with Crippen LogP contribution in [0.15, 0.2) is 9.95 Å². The van der Waals surface area contributed by atoms with E-state index in [0.29, 0.717) is 34.2 Å². The standard InChI is InChI=1S/C17H24N4O4S/c1-6-7-8-21-16(24)19-20-17(21)26-11(4)14(22)13-9(2)12(10(3)18-13)15(23)25-5/h11,18H,6-8H2,1-5H3,(H,19,24)/t11-/m1/s1. The second kappa shape index (κ2) is 8.39. The first-order valence-corrected chi connectivity index (χ1v) is 9.33. The van der Waals surface area contributed by atoms with Crippen molar-refractivity contribution in [1.29, 1.82) is 0 Å². The molecule has 142 valence electrons. The first kappa shape index (κ1) is 20.0. The number of nitrogens with one attached hydrogen (secondary N) is 2. The number of carbonyl (C=O) groups excluding carboxylic acids is 2. The minimum Gasteiger partial charge on any atom is -0.465 e. The molecule has 0 bridgehead atoms. The van der Waals surface area contributed by atoms with Gasteiger partial charge in [0.15, 0.2) is 10.9 Å². The molecular weight excluding hydrogens is 356 g/mol. The van der Waals surface area contributed by atoms with E-state index in [1.165, 1.54) is 18.9 Å². The van der Waals surface area contributed by atoms with Gasteiger partial charge >= 0.3 is 11.7 Å². The van der Waals surface area contributed by atoms with Crippen molar-refractivity contribution in [3.05, 3.63) is 33.0 Å². The smallest absolute Gasteiger partial charge is 0.343 e. The number of H-pyrrole nitrogens is 2. The second-order valence-corrected chi connectivity index (χ2v) is 7.37. The van der Waals surface area contributed by atoms with Crippen molar-refractivity contribution in [3.63, 3.8) is 0 Å². The third-order valence-electron chi connectivity index (χ3n) is 4.18. The third kappa shape index (κ3) is 3.92. The minimum atomic E-state index is -0.479. The zero-order valence-corrected chi connectivity index (χ0v) is 16.5. The Kier molecular flexibility index (Phi) is 6.47. The highest BCUT2D eigenvalue weighted by Crippen LogP contribution is 2.26. The monoisotopic (exact) mass is 380 g/mol. The van der Waals surface area contributed by atoms with Crippen molar-refractivity contribution in [2.75, 3.05) is 7.11 Å². The summed E-state index contributed by atoms with van der Waals surface area (Å²) in [5, 5.41) is 6.46. The van der Waals surface area contributed by atoms with Crippen LogP contribution in [0.25, 0.3) is 0 Å². The molecule has 0 fully saturated rings. The number of hydrogen-bond acceptors (Lipinski definition) is 6.